The second-order valence-electron chi connectivity index (χ2n) is 4.05. The summed E-state index contributed by atoms with van der Waals surface area (Å²) < 4.78 is 24.9. The Balaban J connectivity index is 2.41. The molecule has 2 heterocycles. The van der Waals surface area contributed by atoms with Crippen LogP contribution in [0.2, 0.25) is 5.02 Å². The van der Waals surface area contributed by atoms with Crippen molar-refractivity contribution in [3.05, 3.63) is 23.1 Å². The summed E-state index contributed by atoms with van der Waals surface area (Å²) in [6.45, 7) is 1.92. The maximum Gasteiger partial charge on any atom is 0.160 e. The molecule has 2 aromatic rings. The number of nitrogens with zero attached hydrogens (tertiary/aromatic N) is 3. The molecular weight excluding hydrogens is 309 g/mol. The summed E-state index contributed by atoms with van der Waals surface area (Å²) in [7, 11) is -3.04. The van der Waals surface area contributed by atoms with Gasteiger partial charge in [-0.3, -0.25) is 0 Å². The molecular formula is C11H13Cl2N3O2S. The Labute approximate surface area is 121 Å². The van der Waals surface area contributed by atoms with E-state index in [1.54, 1.807) is 17.6 Å². The van der Waals surface area contributed by atoms with Crippen LogP contribution in [-0.2, 0) is 22.3 Å². The number of hydrogen-bond acceptors (Lipinski definition) is 4. The van der Waals surface area contributed by atoms with Crippen LogP contribution in [0.4, 0.5) is 0 Å². The molecule has 0 unspecified atom stereocenters. The lowest BCUT2D eigenvalue weighted by molar-refractivity contribution is 0.589. The predicted molar refractivity (Wildman–Crippen MR) is 76.4 cm³/mol. The summed E-state index contributed by atoms with van der Waals surface area (Å²) in [5.74, 6) is 0.955. The molecule has 0 amide bonds. The monoisotopic (exact) mass is 321 g/mol. The third kappa shape index (κ3) is 3.19. The zero-order chi connectivity index (χ0) is 14.0. The fourth-order valence-corrected chi connectivity index (χ4v) is 2.85. The van der Waals surface area contributed by atoms with Crippen LogP contribution in [0.15, 0.2) is 12.3 Å². The van der Waals surface area contributed by atoms with E-state index in [0.29, 0.717) is 28.6 Å². The van der Waals surface area contributed by atoms with Gasteiger partial charge in [-0.05, 0) is 6.07 Å². The highest BCUT2D eigenvalue weighted by Gasteiger charge is 2.14. The van der Waals surface area contributed by atoms with Gasteiger partial charge in [0.2, 0.25) is 0 Å². The molecule has 8 heteroatoms. The molecule has 0 saturated heterocycles. The van der Waals surface area contributed by atoms with Gasteiger partial charge in [-0.1, -0.05) is 18.5 Å². The third-order valence-electron chi connectivity index (χ3n) is 2.82. The van der Waals surface area contributed by atoms with Crippen LogP contribution in [0.5, 0.6) is 0 Å². The maximum absolute atomic E-state index is 11.6. The minimum absolute atomic E-state index is 0.0448. The Morgan fingerprint density at radius 1 is 1.42 bits per heavy atom. The van der Waals surface area contributed by atoms with Gasteiger partial charge in [0.05, 0.1) is 16.7 Å². The molecule has 2 rings (SSSR count). The van der Waals surface area contributed by atoms with E-state index in [9.17, 15) is 8.42 Å². The largest absolute Gasteiger partial charge is 0.311 e. The fourth-order valence-electron chi connectivity index (χ4n) is 1.74. The SMILES string of the molecule is CCS(=O)(=O)CCn1c(CCl)nc2cc(Cl)cnc21. The number of aromatic nitrogens is 3. The maximum atomic E-state index is 11.6. The van der Waals surface area contributed by atoms with Gasteiger partial charge in [-0.2, -0.15) is 0 Å². The van der Waals surface area contributed by atoms with Gasteiger partial charge in [-0.25, -0.2) is 18.4 Å². The fraction of sp³-hybridized carbons (Fsp3) is 0.455. The number of fused-ring (bicyclic) bond motifs is 1. The van der Waals surface area contributed by atoms with Crippen molar-refractivity contribution in [2.24, 2.45) is 0 Å². The van der Waals surface area contributed by atoms with E-state index >= 15 is 0 Å². The van der Waals surface area contributed by atoms with E-state index in [1.807, 2.05) is 0 Å². The quantitative estimate of drug-likeness (QED) is 0.792. The van der Waals surface area contributed by atoms with Gasteiger partial charge in [0.25, 0.3) is 0 Å². The van der Waals surface area contributed by atoms with Gasteiger partial charge in [0.1, 0.15) is 11.3 Å². The van der Waals surface area contributed by atoms with Crippen molar-refractivity contribution in [3.63, 3.8) is 0 Å². The van der Waals surface area contributed by atoms with Crippen LogP contribution >= 0.6 is 23.2 Å². The molecule has 0 N–H and O–H groups in total. The van der Waals surface area contributed by atoms with Crippen molar-refractivity contribution in [1.29, 1.82) is 0 Å². The zero-order valence-corrected chi connectivity index (χ0v) is 12.6. The van der Waals surface area contributed by atoms with E-state index in [4.69, 9.17) is 23.2 Å². The minimum atomic E-state index is -3.04. The van der Waals surface area contributed by atoms with E-state index in [-0.39, 0.29) is 17.4 Å². The van der Waals surface area contributed by atoms with Crippen LogP contribution in [0.25, 0.3) is 11.2 Å². The molecule has 0 aliphatic rings. The van der Waals surface area contributed by atoms with E-state index in [1.165, 1.54) is 6.20 Å². The summed E-state index contributed by atoms with van der Waals surface area (Å²) in [6.07, 6.45) is 1.51. The van der Waals surface area contributed by atoms with Crippen molar-refractivity contribution >= 4 is 44.2 Å². The summed E-state index contributed by atoms with van der Waals surface area (Å²) in [4.78, 5) is 8.50. The van der Waals surface area contributed by atoms with Crippen molar-refractivity contribution in [2.75, 3.05) is 11.5 Å². The molecule has 0 atom stereocenters. The number of pyridine rings is 1. The number of alkyl halides is 1. The summed E-state index contributed by atoms with van der Waals surface area (Å²) in [5.41, 5.74) is 1.23. The molecule has 0 spiro atoms. The Bertz CT molecular complexity index is 697. The van der Waals surface area contributed by atoms with Crippen LogP contribution in [0, 0.1) is 0 Å². The number of halogens is 2. The lowest BCUT2D eigenvalue weighted by Crippen LogP contribution is -2.16. The molecule has 0 fully saturated rings. The van der Waals surface area contributed by atoms with Crippen molar-refractivity contribution < 1.29 is 8.42 Å². The second-order valence-corrected chi connectivity index (χ2v) is 7.22. The molecule has 0 saturated carbocycles. The molecule has 0 aliphatic carbocycles. The third-order valence-corrected chi connectivity index (χ3v) is 4.95. The average molecular weight is 322 g/mol. The molecule has 0 aromatic carbocycles. The number of rotatable bonds is 5. The molecule has 0 bridgehead atoms. The zero-order valence-electron chi connectivity index (χ0n) is 10.3. The Kier molecular flexibility index (Phi) is 4.32. The lowest BCUT2D eigenvalue weighted by Gasteiger charge is -2.06. The van der Waals surface area contributed by atoms with Gasteiger partial charge in [0.15, 0.2) is 15.5 Å². The highest BCUT2D eigenvalue weighted by molar-refractivity contribution is 7.91. The first kappa shape index (κ1) is 14.6. The Morgan fingerprint density at radius 2 is 2.16 bits per heavy atom. The lowest BCUT2D eigenvalue weighted by atomic mass is 10.4. The van der Waals surface area contributed by atoms with Gasteiger partial charge >= 0.3 is 0 Å². The molecule has 104 valence electrons. The summed E-state index contributed by atoms with van der Waals surface area (Å²) >= 11 is 11.7. The van der Waals surface area contributed by atoms with Crippen molar-refractivity contribution in [2.45, 2.75) is 19.3 Å². The van der Waals surface area contributed by atoms with E-state index < -0.39 is 9.84 Å². The van der Waals surface area contributed by atoms with Crippen LogP contribution in [0.1, 0.15) is 12.7 Å². The first-order chi connectivity index (χ1) is 8.96. The van der Waals surface area contributed by atoms with Gasteiger partial charge in [-0.15, -0.1) is 11.6 Å². The van der Waals surface area contributed by atoms with Crippen LogP contribution in [0.3, 0.4) is 0 Å². The minimum Gasteiger partial charge on any atom is -0.311 e. The molecule has 5 nitrogen and oxygen atoms in total. The van der Waals surface area contributed by atoms with Crippen LogP contribution < -0.4 is 0 Å². The van der Waals surface area contributed by atoms with Gasteiger partial charge in [0, 0.05) is 18.5 Å². The topological polar surface area (TPSA) is 64.8 Å². The molecule has 0 radical (unpaired) electrons. The molecule has 0 aliphatic heterocycles. The smallest absolute Gasteiger partial charge is 0.160 e. The first-order valence-corrected chi connectivity index (χ1v) is 8.47. The number of sulfone groups is 1. The normalized spacial score (nSPS) is 12.2. The number of aryl methyl sites for hydroxylation is 1. The van der Waals surface area contributed by atoms with Crippen LogP contribution in [-0.4, -0.2) is 34.5 Å². The molecule has 19 heavy (non-hydrogen) atoms. The van der Waals surface area contributed by atoms with Gasteiger partial charge < -0.3 is 4.57 Å². The Morgan fingerprint density at radius 3 is 2.79 bits per heavy atom. The average Bonchev–Trinajstić information content (AvgIpc) is 2.73. The standard InChI is InChI=1S/C11H13Cl2N3O2S/c1-2-19(17,18)4-3-16-10(6-12)15-9-5-8(13)7-14-11(9)16/h5,7H,2-4,6H2,1H3. The highest BCUT2D eigenvalue weighted by Crippen LogP contribution is 2.19. The summed E-state index contributed by atoms with van der Waals surface area (Å²) in [6, 6.07) is 1.69. The number of imidazole rings is 1. The Hall–Kier alpha value is -0.850. The van der Waals surface area contributed by atoms with E-state index in [2.05, 4.69) is 9.97 Å². The van der Waals surface area contributed by atoms with Crippen molar-refractivity contribution in [3.8, 4) is 0 Å². The van der Waals surface area contributed by atoms with Crippen molar-refractivity contribution in [1.82, 2.24) is 14.5 Å². The molecule has 2 aromatic heterocycles. The van der Waals surface area contributed by atoms with E-state index in [0.717, 1.165) is 0 Å². The first-order valence-electron chi connectivity index (χ1n) is 5.74. The highest BCUT2D eigenvalue weighted by atomic mass is 35.5. The second kappa shape index (κ2) is 5.64. The predicted octanol–water partition coefficient (Wildman–Crippen LogP) is 2.26. The number of hydrogen-bond donors (Lipinski definition) is 0. The summed E-state index contributed by atoms with van der Waals surface area (Å²) in [5, 5.41) is 0.486.